The average Bonchev–Trinajstić information content (AvgIpc) is 2.77. The Balaban J connectivity index is 1.98. The van der Waals surface area contributed by atoms with Crippen molar-refractivity contribution in [3.8, 4) is 6.07 Å². The summed E-state index contributed by atoms with van der Waals surface area (Å²) in [6, 6.07) is 10.8. The second kappa shape index (κ2) is 4.33. The summed E-state index contributed by atoms with van der Waals surface area (Å²) < 4.78 is 0. The molecule has 1 aromatic carbocycles. The van der Waals surface area contributed by atoms with Gasteiger partial charge in [0.05, 0.1) is 17.1 Å². The molecule has 0 amide bonds. The van der Waals surface area contributed by atoms with Crippen molar-refractivity contribution in [1.29, 1.82) is 5.26 Å². The lowest BCUT2D eigenvalue weighted by Crippen LogP contribution is -2.53. The molecule has 20 heavy (non-hydrogen) atoms. The zero-order valence-corrected chi connectivity index (χ0v) is 12.4. The Morgan fingerprint density at radius 3 is 2.20 bits per heavy atom. The van der Waals surface area contributed by atoms with Crippen molar-refractivity contribution in [1.82, 2.24) is 0 Å². The first-order valence-electron chi connectivity index (χ1n) is 7.60. The molecule has 1 N–H and O–H groups in total. The van der Waals surface area contributed by atoms with Crippen LogP contribution >= 0.6 is 0 Å². The number of benzene rings is 1. The Hall–Kier alpha value is -1.33. The summed E-state index contributed by atoms with van der Waals surface area (Å²) in [6.07, 6.45) is 5.06. The number of aliphatic hydroxyl groups is 1. The van der Waals surface area contributed by atoms with Crippen LogP contribution in [0.5, 0.6) is 0 Å². The molecule has 1 saturated carbocycles. The Morgan fingerprint density at radius 2 is 1.70 bits per heavy atom. The largest absolute Gasteiger partial charge is 0.388 e. The summed E-state index contributed by atoms with van der Waals surface area (Å²) in [6.45, 7) is 4.43. The zero-order valence-electron chi connectivity index (χ0n) is 12.4. The lowest BCUT2D eigenvalue weighted by Gasteiger charge is -2.48. The molecule has 2 nitrogen and oxygen atoms in total. The normalized spacial score (nSPS) is 30.5. The first-order chi connectivity index (χ1) is 9.40. The molecule has 106 valence electrons. The number of hydrogen-bond donors (Lipinski definition) is 1. The van der Waals surface area contributed by atoms with E-state index in [9.17, 15) is 10.4 Å². The molecule has 0 saturated heterocycles. The van der Waals surface area contributed by atoms with Crippen molar-refractivity contribution in [2.75, 3.05) is 0 Å². The molecule has 2 aliphatic carbocycles. The Labute approximate surface area is 121 Å². The van der Waals surface area contributed by atoms with E-state index >= 15 is 0 Å². The number of nitrogens with zero attached hydrogens (tertiary/aromatic N) is 1. The van der Waals surface area contributed by atoms with Gasteiger partial charge in [-0.05, 0) is 48.6 Å². The fourth-order valence-electron chi connectivity index (χ4n) is 4.36. The molecule has 0 bridgehead atoms. The first-order valence-corrected chi connectivity index (χ1v) is 7.60. The van der Waals surface area contributed by atoms with Gasteiger partial charge in [0.2, 0.25) is 0 Å². The minimum atomic E-state index is -0.845. The van der Waals surface area contributed by atoms with Crippen LogP contribution in [0.1, 0.15) is 50.7 Å². The van der Waals surface area contributed by atoms with E-state index in [1.165, 1.54) is 11.1 Å². The number of hydrogen-bond acceptors (Lipinski definition) is 2. The highest BCUT2D eigenvalue weighted by molar-refractivity contribution is 5.39. The molecular formula is C18H23NO. The second-order valence-corrected chi connectivity index (χ2v) is 7.54. The molecule has 1 unspecified atom stereocenters. The Bertz CT molecular complexity index is 544. The molecule has 2 aliphatic rings. The molecule has 0 heterocycles. The highest BCUT2D eigenvalue weighted by atomic mass is 16.3. The van der Waals surface area contributed by atoms with Gasteiger partial charge in [-0.25, -0.2) is 0 Å². The number of rotatable bonds is 1. The highest BCUT2D eigenvalue weighted by Gasteiger charge is 2.56. The van der Waals surface area contributed by atoms with Gasteiger partial charge in [-0.3, -0.25) is 0 Å². The molecule has 1 fully saturated rings. The second-order valence-electron chi connectivity index (χ2n) is 7.54. The molecule has 0 radical (unpaired) electrons. The van der Waals surface area contributed by atoms with Crippen molar-refractivity contribution in [3.63, 3.8) is 0 Å². The minimum absolute atomic E-state index is 0.131. The zero-order chi connectivity index (χ0) is 14.4. The van der Waals surface area contributed by atoms with Crippen LogP contribution < -0.4 is 0 Å². The van der Waals surface area contributed by atoms with Gasteiger partial charge in [0, 0.05) is 0 Å². The van der Waals surface area contributed by atoms with E-state index in [1.807, 2.05) is 12.1 Å². The Morgan fingerprint density at radius 1 is 1.10 bits per heavy atom. The molecule has 2 heteroatoms. The van der Waals surface area contributed by atoms with E-state index in [0.29, 0.717) is 12.8 Å². The highest BCUT2D eigenvalue weighted by Crippen LogP contribution is 2.54. The van der Waals surface area contributed by atoms with Crippen LogP contribution in [0.3, 0.4) is 0 Å². The van der Waals surface area contributed by atoms with Crippen molar-refractivity contribution in [2.45, 2.75) is 58.0 Å². The predicted octanol–water partition coefficient (Wildman–Crippen LogP) is 3.63. The fraction of sp³-hybridized carbons (Fsp3) is 0.611. The van der Waals surface area contributed by atoms with Gasteiger partial charge in [-0.1, -0.05) is 44.5 Å². The van der Waals surface area contributed by atoms with Gasteiger partial charge in [0.25, 0.3) is 0 Å². The van der Waals surface area contributed by atoms with Crippen LogP contribution in [0.2, 0.25) is 0 Å². The van der Waals surface area contributed by atoms with Gasteiger partial charge in [-0.2, -0.15) is 5.26 Å². The summed E-state index contributed by atoms with van der Waals surface area (Å²) in [5.41, 5.74) is 1.14. The lowest BCUT2D eigenvalue weighted by atomic mass is 9.58. The van der Waals surface area contributed by atoms with Gasteiger partial charge in [-0.15, -0.1) is 0 Å². The van der Waals surface area contributed by atoms with E-state index in [0.717, 1.165) is 25.7 Å². The molecule has 3 rings (SSSR count). The van der Waals surface area contributed by atoms with E-state index < -0.39 is 11.0 Å². The maximum absolute atomic E-state index is 11.3. The lowest BCUT2D eigenvalue weighted by molar-refractivity contribution is -0.109. The molecular weight excluding hydrogens is 246 g/mol. The van der Waals surface area contributed by atoms with Gasteiger partial charge >= 0.3 is 0 Å². The summed E-state index contributed by atoms with van der Waals surface area (Å²) in [5, 5.41) is 21.2. The summed E-state index contributed by atoms with van der Waals surface area (Å²) in [7, 11) is 0. The third-order valence-electron chi connectivity index (χ3n) is 5.42. The molecule has 0 spiro atoms. The van der Waals surface area contributed by atoms with Crippen molar-refractivity contribution in [3.05, 3.63) is 35.4 Å². The SMILES string of the molecule is CC1(C)CCCC(O)(C2(C#N)Cc3ccccc3C2)C1. The van der Waals surface area contributed by atoms with Crippen LogP contribution in [0.4, 0.5) is 0 Å². The number of fused-ring (bicyclic) bond motifs is 1. The van der Waals surface area contributed by atoms with E-state index in [4.69, 9.17) is 0 Å². The monoisotopic (exact) mass is 269 g/mol. The molecule has 1 aromatic rings. The summed E-state index contributed by atoms with van der Waals surface area (Å²) in [5.74, 6) is 0. The first kappa shape index (κ1) is 13.6. The van der Waals surface area contributed by atoms with Crippen molar-refractivity contribution < 1.29 is 5.11 Å². The smallest absolute Gasteiger partial charge is 0.0940 e. The van der Waals surface area contributed by atoms with Crippen LogP contribution in [-0.4, -0.2) is 10.7 Å². The van der Waals surface area contributed by atoms with Crippen LogP contribution in [0.15, 0.2) is 24.3 Å². The van der Waals surface area contributed by atoms with Gasteiger partial charge < -0.3 is 5.11 Å². The van der Waals surface area contributed by atoms with E-state index in [2.05, 4.69) is 32.0 Å². The average molecular weight is 269 g/mol. The third kappa shape index (κ3) is 1.96. The predicted molar refractivity (Wildman–Crippen MR) is 79.1 cm³/mol. The van der Waals surface area contributed by atoms with Crippen LogP contribution in [0, 0.1) is 22.2 Å². The van der Waals surface area contributed by atoms with Crippen LogP contribution in [0.25, 0.3) is 0 Å². The fourth-order valence-corrected chi connectivity index (χ4v) is 4.36. The molecule has 0 aromatic heterocycles. The quantitative estimate of drug-likeness (QED) is 0.846. The van der Waals surface area contributed by atoms with E-state index in [-0.39, 0.29) is 5.41 Å². The minimum Gasteiger partial charge on any atom is -0.388 e. The molecule has 1 atom stereocenters. The van der Waals surface area contributed by atoms with Crippen molar-refractivity contribution in [2.24, 2.45) is 10.8 Å². The van der Waals surface area contributed by atoms with E-state index in [1.54, 1.807) is 0 Å². The number of nitriles is 1. The maximum atomic E-state index is 11.3. The standard InChI is InChI=1S/C18H23NO/c1-16(2)8-5-9-18(20,12-16)17(13-19)10-14-6-3-4-7-15(14)11-17/h3-4,6-7,20H,5,8-12H2,1-2H3. The van der Waals surface area contributed by atoms with Gasteiger partial charge in [0.15, 0.2) is 0 Å². The van der Waals surface area contributed by atoms with Gasteiger partial charge in [0.1, 0.15) is 0 Å². The third-order valence-corrected chi connectivity index (χ3v) is 5.42. The van der Waals surface area contributed by atoms with Crippen molar-refractivity contribution >= 4 is 0 Å². The van der Waals surface area contributed by atoms with Crippen LogP contribution in [-0.2, 0) is 12.8 Å². The molecule has 0 aliphatic heterocycles. The summed E-state index contributed by atoms with van der Waals surface area (Å²) in [4.78, 5) is 0. The summed E-state index contributed by atoms with van der Waals surface area (Å²) >= 11 is 0. The maximum Gasteiger partial charge on any atom is 0.0940 e. The topological polar surface area (TPSA) is 44.0 Å². The Kier molecular flexibility index (Phi) is 2.95.